The molecule has 3 rings (SSSR count). The van der Waals surface area contributed by atoms with E-state index >= 15 is 0 Å². The monoisotopic (exact) mass is 259 g/mol. The summed E-state index contributed by atoms with van der Waals surface area (Å²) in [5, 5.41) is 9.93. The van der Waals surface area contributed by atoms with Crippen molar-refractivity contribution in [2.24, 2.45) is 0 Å². The van der Waals surface area contributed by atoms with E-state index in [-0.39, 0.29) is 0 Å². The van der Waals surface area contributed by atoms with Crippen LogP contribution in [0.15, 0.2) is 42.7 Å². The van der Waals surface area contributed by atoms with E-state index < -0.39 is 0 Å². The highest BCUT2D eigenvalue weighted by Gasteiger charge is 2.08. The van der Waals surface area contributed by atoms with E-state index in [1.54, 1.807) is 18.5 Å². The lowest BCUT2D eigenvalue weighted by Gasteiger charge is -2.07. The third-order valence-corrected chi connectivity index (χ3v) is 3.26. The lowest BCUT2D eigenvalue weighted by atomic mass is 10.0. The van der Waals surface area contributed by atoms with Gasteiger partial charge in [-0.05, 0) is 44.2 Å². The zero-order chi connectivity index (χ0) is 14.1. The zero-order valence-electron chi connectivity index (χ0n) is 11.4. The molecule has 0 amide bonds. The summed E-state index contributed by atoms with van der Waals surface area (Å²) in [5.74, 6) is 0. The number of nitrogens with zero attached hydrogens (tertiary/aromatic N) is 3. The van der Waals surface area contributed by atoms with E-state index in [1.807, 2.05) is 6.07 Å². The van der Waals surface area contributed by atoms with Gasteiger partial charge in [-0.2, -0.15) is 5.26 Å². The summed E-state index contributed by atoms with van der Waals surface area (Å²) in [7, 11) is 0. The normalized spacial score (nSPS) is 10.4. The number of fused-ring (bicyclic) bond motifs is 1. The van der Waals surface area contributed by atoms with E-state index in [4.69, 9.17) is 5.26 Å². The molecule has 96 valence electrons. The first-order chi connectivity index (χ1) is 9.67. The molecule has 0 saturated carbocycles. The van der Waals surface area contributed by atoms with Crippen molar-refractivity contribution in [2.75, 3.05) is 0 Å². The van der Waals surface area contributed by atoms with Crippen molar-refractivity contribution >= 4 is 10.9 Å². The van der Waals surface area contributed by atoms with Crippen LogP contribution in [0.4, 0.5) is 0 Å². The first kappa shape index (κ1) is 12.3. The SMILES string of the molecule is Cc1cc(C)cc(-c2ncnc3cc(C#N)ccc23)c1. The van der Waals surface area contributed by atoms with E-state index in [1.165, 1.54) is 11.1 Å². The molecule has 3 aromatic rings. The summed E-state index contributed by atoms with van der Waals surface area (Å²) in [6.07, 6.45) is 1.55. The molecule has 0 aliphatic rings. The van der Waals surface area contributed by atoms with Crippen LogP contribution < -0.4 is 0 Å². The van der Waals surface area contributed by atoms with Crippen LogP contribution >= 0.6 is 0 Å². The minimum atomic E-state index is 0.613. The number of hydrogen-bond acceptors (Lipinski definition) is 3. The molecule has 0 spiro atoms. The van der Waals surface area contributed by atoms with Crippen molar-refractivity contribution in [1.29, 1.82) is 5.26 Å². The Morgan fingerprint density at radius 2 is 1.70 bits per heavy atom. The van der Waals surface area contributed by atoms with Crippen molar-refractivity contribution < 1.29 is 0 Å². The maximum atomic E-state index is 8.96. The summed E-state index contributed by atoms with van der Waals surface area (Å²) in [5.41, 5.74) is 5.82. The largest absolute Gasteiger partial charge is 0.236 e. The smallest absolute Gasteiger partial charge is 0.116 e. The molecule has 0 saturated heterocycles. The number of aromatic nitrogens is 2. The minimum absolute atomic E-state index is 0.613. The molecule has 0 fully saturated rings. The summed E-state index contributed by atoms with van der Waals surface area (Å²) in [6, 6.07) is 14.0. The van der Waals surface area contributed by atoms with E-state index in [2.05, 4.69) is 48.1 Å². The number of benzene rings is 2. The van der Waals surface area contributed by atoms with Gasteiger partial charge < -0.3 is 0 Å². The summed E-state index contributed by atoms with van der Waals surface area (Å²) in [6.45, 7) is 4.15. The van der Waals surface area contributed by atoms with Gasteiger partial charge in [-0.3, -0.25) is 0 Å². The van der Waals surface area contributed by atoms with Crippen LogP contribution in [0.25, 0.3) is 22.2 Å². The number of rotatable bonds is 1. The highest BCUT2D eigenvalue weighted by atomic mass is 14.8. The lowest BCUT2D eigenvalue weighted by Crippen LogP contribution is -1.91. The van der Waals surface area contributed by atoms with Gasteiger partial charge in [0.15, 0.2) is 0 Å². The van der Waals surface area contributed by atoms with Crippen molar-refractivity contribution in [3.05, 3.63) is 59.4 Å². The summed E-state index contributed by atoms with van der Waals surface area (Å²) >= 11 is 0. The van der Waals surface area contributed by atoms with Gasteiger partial charge in [0.2, 0.25) is 0 Å². The Kier molecular flexibility index (Phi) is 2.92. The Hall–Kier alpha value is -2.73. The van der Waals surface area contributed by atoms with Crippen LogP contribution in [-0.4, -0.2) is 9.97 Å². The van der Waals surface area contributed by atoms with Gasteiger partial charge in [0.25, 0.3) is 0 Å². The Labute approximate surface area is 117 Å². The van der Waals surface area contributed by atoms with Gasteiger partial charge >= 0.3 is 0 Å². The molecular weight excluding hydrogens is 246 g/mol. The van der Waals surface area contributed by atoms with Crippen molar-refractivity contribution in [1.82, 2.24) is 9.97 Å². The predicted molar refractivity (Wildman–Crippen MR) is 79.2 cm³/mol. The highest BCUT2D eigenvalue weighted by molar-refractivity contribution is 5.92. The van der Waals surface area contributed by atoms with Gasteiger partial charge in [-0.25, -0.2) is 9.97 Å². The fraction of sp³-hybridized carbons (Fsp3) is 0.118. The van der Waals surface area contributed by atoms with E-state index in [0.29, 0.717) is 5.56 Å². The van der Waals surface area contributed by atoms with Crippen LogP contribution in [0.2, 0.25) is 0 Å². The van der Waals surface area contributed by atoms with E-state index in [9.17, 15) is 0 Å². The molecule has 0 atom stereocenters. The number of aryl methyl sites for hydroxylation is 2. The quantitative estimate of drug-likeness (QED) is 0.668. The Balaban J connectivity index is 2.29. The molecule has 0 aliphatic carbocycles. The first-order valence-electron chi connectivity index (χ1n) is 6.41. The molecule has 1 aromatic heterocycles. The maximum absolute atomic E-state index is 8.96. The Morgan fingerprint density at radius 3 is 2.40 bits per heavy atom. The van der Waals surface area contributed by atoms with Gasteiger partial charge in [0.05, 0.1) is 22.8 Å². The molecule has 3 nitrogen and oxygen atoms in total. The molecule has 0 unspecified atom stereocenters. The molecule has 0 N–H and O–H groups in total. The van der Waals surface area contributed by atoms with Crippen LogP contribution in [0.1, 0.15) is 16.7 Å². The van der Waals surface area contributed by atoms with E-state index in [0.717, 1.165) is 22.2 Å². The topological polar surface area (TPSA) is 49.6 Å². The van der Waals surface area contributed by atoms with Crippen LogP contribution in [0.5, 0.6) is 0 Å². The second kappa shape index (κ2) is 4.75. The second-order valence-corrected chi connectivity index (χ2v) is 4.94. The average Bonchev–Trinajstić information content (AvgIpc) is 2.45. The van der Waals surface area contributed by atoms with Crippen LogP contribution in [-0.2, 0) is 0 Å². The molecule has 0 bridgehead atoms. The zero-order valence-corrected chi connectivity index (χ0v) is 11.4. The molecule has 3 heteroatoms. The standard InChI is InChI=1S/C17H13N3/c1-11-5-12(2)7-14(6-11)17-15-4-3-13(9-18)8-16(15)19-10-20-17/h3-8,10H,1-2H3. The highest BCUT2D eigenvalue weighted by Crippen LogP contribution is 2.27. The first-order valence-corrected chi connectivity index (χ1v) is 6.41. The molecule has 20 heavy (non-hydrogen) atoms. The maximum Gasteiger partial charge on any atom is 0.116 e. The fourth-order valence-electron chi connectivity index (χ4n) is 2.47. The number of nitriles is 1. The fourth-order valence-corrected chi connectivity index (χ4v) is 2.47. The van der Waals surface area contributed by atoms with Crippen molar-refractivity contribution in [3.63, 3.8) is 0 Å². The van der Waals surface area contributed by atoms with Gasteiger partial charge in [-0.1, -0.05) is 17.2 Å². The number of hydrogen-bond donors (Lipinski definition) is 0. The molecule has 2 aromatic carbocycles. The summed E-state index contributed by atoms with van der Waals surface area (Å²) < 4.78 is 0. The Bertz CT molecular complexity index is 824. The van der Waals surface area contributed by atoms with Gasteiger partial charge in [-0.15, -0.1) is 0 Å². The average molecular weight is 259 g/mol. The van der Waals surface area contributed by atoms with Crippen molar-refractivity contribution in [3.8, 4) is 17.3 Å². The van der Waals surface area contributed by atoms with Crippen molar-refractivity contribution in [2.45, 2.75) is 13.8 Å². The minimum Gasteiger partial charge on any atom is -0.236 e. The van der Waals surface area contributed by atoms with Gasteiger partial charge in [0, 0.05) is 10.9 Å². The third-order valence-electron chi connectivity index (χ3n) is 3.26. The lowest BCUT2D eigenvalue weighted by molar-refractivity contribution is 1.22. The Morgan fingerprint density at radius 1 is 0.950 bits per heavy atom. The second-order valence-electron chi connectivity index (χ2n) is 4.94. The molecule has 0 radical (unpaired) electrons. The third kappa shape index (κ3) is 2.12. The summed E-state index contributed by atoms with van der Waals surface area (Å²) in [4.78, 5) is 8.68. The predicted octanol–water partition coefficient (Wildman–Crippen LogP) is 3.79. The van der Waals surface area contributed by atoms with Crippen LogP contribution in [0, 0.1) is 25.2 Å². The molecule has 1 heterocycles. The van der Waals surface area contributed by atoms with Gasteiger partial charge in [0.1, 0.15) is 6.33 Å². The van der Waals surface area contributed by atoms with Crippen LogP contribution in [0.3, 0.4) is 0 Å². The molecule has 0 aliphatic heterocycles. The molecular formula is C17H13N3.